The molecule has 0 atom stereocenters. The molecule has 2 aromatic rings. The van der Waals surface area contributed by atoms with E-state index in [-0.39, 0.29) is 5.69 Å². The fourth-order valence-corrected chi connectivity index (χ4v) is 2.94. The van der Waals surface area contributed by atoms with Gasteiger partial charge in [0.25, 0.3) is 0 Å². The molecule has 4 nitrogen and oxygen atoms in total. The van der Waals surface area contributed by atoms with Crippen LogP contribution in [0.25, 0.3) is 0 Å². The van der Waals surface area contributed by atoms with E-state index in [0.29, 0.717) is 5.02 Å². The molecule has 118 valence electrons. The van der Waals surface area contributed by atoms with E-state index in [0.717, 1.165) is 43.6 Å². The monoisotopic (exact) mass is 346 g/mol. The van der Waals surface area contributed by atoms with Gasteiger partial charge in [0.1, 0.15) is 11.9 Å². The smallest absolute Gasteiger partial charge is 0.161 e. The van der Waals surface area contributed by atoms with Gasteiger partial charge in [-0.1, -0.05) is 35.3 Å². The van der Waals surface area contributed by atoms with Gasteiger partial charge < -0.3 is 4.90 Å². The fraction of sp³-hybridized carbons (Fsp3) is 0.294. The van der Waals surface area contributed by atoms with Crippen LogP contribution in [0.5, 0.6) is 0 Å². The molecule has 0 saturated carbocycles. The summed E-state index contributed by atoms with van der Waals surface area (Å²) in [5.41, 5.74) is 1.55. The minimum Gasteiger partial charge on any atom is -0.354 e. The van der Waals surface area contributed by atoms with E-state index in [1.54, 1.807) is 6.07 Å². The number of hydrogen-bond acceptors (Lipinski definition) is 4. The molecule has 0 amide bonds. The van der Waals surface area contributed by atoms with E-state index in [9.17, 15) is 0 Å². The topological polar surface area (TPSA) is 43.2 Å². The number of hydrogen-bond donors (Lipinski definition) is 0. The Morgan fingerprint density at radius 3 is 2.35 bits per heavy atom. The highest BCUT2D eigenvalue weighted by molar-refractivity contribution is 6.31. The minimum atomic E-state index is 0.285. The molecule has 23 heavy (non-hydrogen) atoms. The van der Waals surface area contributed by atoms with Gasteiger partial charge in [0.15, 0.2) is 5.69 Å². The second-order valence-electron chi connectivity index (χ2n) is 5.50. The van der Waals surface area contributed by atoms with Crippen LogP contribution in [0.15, 0.2) is 36.4 Å². The number of rotatable bonds is 3. The van der Waals surface area contributed by atoms with Crippen molar-refractivity contribution in [3.8, 4) is 6.07 Å². The molecule has 0 radical (unpaired) electrons. The number of halogens is 2. The zero-order valence-electron chi connectivity index (χ0n) is 12.5. The second-order valence-corrected chi connectivity index (χ2v) is 6.34. The molecule has 1 aliphatic rings. The minimum absolute atomic E-state index is 0.285. The highest BCUT2D eigenvalue weighted by Gasteiger charge is 2.19. The molecule has 3 rings (SSSR count). The SMILES string of the molecule is N#Cc1nc(N2CCN(Cc3ccc(Cl)cc3)CC2)ccc1Cl. The highest BCUT2D eigenvalue weighted by Crippen LogP contribution is 2.20. The van der Waals surface area contributed by atoms with Crippen LogP contribution in [0.2, 0.25) is 10.0 Å². The number of pyridine rings is 1. The summed E-state index contributed by atoms with van der Waals surface area (Å²) in [5.74, 6) is 0.817. The first-order chi connectivity index (χ1) is 11.2. The highest BCUT2D eigenvalue weighted by atomic mass is 35.5. The van der Waals surface area contributed by atoms with Gasteiger partial charge >= 0.3 is 0 Å². The number of benzene rings is 1. The maximum atomic E-state index is 9.03. The number of piperazine rings is 1. The lowest BCUT2D eigenvalue weighted by molar-refractivity contribution is 0.249. The zero-order chi connectivity index (χ0) is 16.2. The van der Waals surface area contributed by atoms with Crippen molar-refractivity contribution in [2.75, 3.05) is 31.1 Å². The number of aromatic nitrogens is 1. The van der Waals surface area contributed by atoms with Crippen molar-refractivity contribution in [1.29, 1.82) is 5.26 Å². The predicted molar refractivity (Wildman–Crippen MR) is 92.9 cm³/mol. The van der Waals surface area contributed by atoms with Gasteiger partial charge in [-0.3, -0.25) is 4.90 Å². The fourth-order valence-electron chi connectivity index (χ4n) is 2.67. The first-order valence-corrected chi connectivity index (χ1v) is 8.20. The van der Waals surface area contributed by atoms with Crippen LogP contribution in [0.3, 0.4) is 0 Å². The second kappa shape index (κ2) is 7.18. The number of nitrogens with zero attached hydrogens (tertiary/aromatic N) is 4. The van der Waals surface area contributed by atoms with Crippen LogP contribution in [0, 0.1) is 11.3 Å². The lowest BCUT2D eigenvalue weighted by atomic mass is 10.2. The van der Waals surface area contributed by atoms with Gasteiger partial charge in [0.05, 0.1) is 5.02 Å². The van der Waals surface area contributed by atoms with Crippen molar-refractivity contribution in [3.63, 3.8) is 0 Å². The molecular formula is C17H16Cl2N4. The molecular weight excluding hydrogens is 331 g/mol. The Kier molecular flexibility index (Phi) is 5.02. The van der Waals surface area contributed by atoms with Crippen LogP contribution in [0.4, 0.5) is 5.82 Å². The normalized spacial score (nSPS) is 15.4. The van der Waals surface area contributed by atoms with Gasteiger partial charge in [-0.25, -0.2) is 4.98 Å². The number of anilines is 1. The van der Waals surface area contributed by atoms with E-state index in [2.05, 4.69) is 26.9 Å². The molecule has 0 spiro atoms. The predicted octanol–water partition coefficient (Wildman–Crippen LogP) is 3.58. The quantitative estimate of drug-likeness (QED) is 0.851. The molecule has 0 unspecified atom stereocenters. The van der Waals surface area contributed by atoms with E-state index in [1.165, 1.54) is 5.56 Å². The van der Waals surface area contributed by atoms with Crippen LogP contribution < -0.4 is 4.90 Å². The lowest BCUT2D eigenvalue weighted by Gasteiger charge is -2.35. The summed E-state index contributed by atoms with van der Waals surface area (Å²) in [4.78, 5) is 8.93. The van der Waals surface area contributed by atoms with Crippen molar-refractivity contribution >= 4 is 29.0 Å². The van der Waals surface area contributed by atoms with Crippen LogP contribution in [-0.4, -0.2) is 36.1 Å². The van der Waals surface area contributed by atoms with Crippen molar-refractivity contribution in [3.05, 3.63) is 57.7 Å². The summed E-state index contributed by atoms with van der Waals surface area (Å²) in [6, 6.07) is 13.6. The average molecular weight is 347 g/mol. The number of nitriles is 1. The first kappa shape index (κ1) is 16.1. The van der Waals surface area contributed by atoms with E-state index in [1.807, 2.05) is 24.3 Å². The third kappa shape index (κ3) is 3.94. The van der Waals surface area contributed by atoms with Crippen LogP contribution >= 0.6 is 23.2 Å². The van der Waals surface area contributed by atoms with Crippen molar-refractivity contribution in [2.45, 2.75) is 6.54 Å². The Hall–Kier alpha value is -1.80. The summed E-state index contributed by atoms with van der Waals surface area (Å²) in [5, 5.41) is 10.2. The van der Waals surface area contributed by atoms with Crippen molar-refractivity contribution in [2.24, 2.45) is 0 Å². The first-order valence-electron chi connectivity index (χ1n) is 7.44. The average Bonchev–Trinajstić information content (AvgIpc) is 2.58. The molecule has 2 heterocycles. The molecule has 1 aliphatic heterocycles. The Bertz CT molecular complexity index is 716. The largest absolute Gasteiger partial charge is 0.354 e. The molecule has 0 N–H and O–H groups in total. The summed E-state index contributed by atoms with van der Waals surface area (Å²) >= 11 is 11.9. The summed E-state index contributed by atoms with van der Waals surface area (Å²) < 4.78 is 0. The van der Waals surface area contributed by atoms with Crippen molar-refractivity contribution in [1.82, 2.24) is 9.88 Å². The Labute approximate surface area is 145 Å². The molecule has 0 aliphatic carbocycles. The van der Waals surface area contributed by atoms with Gasteiger partial charge in [0.2, 0.25) is 0 Å². The van der Waals surface area contributed by atoms with Crippen LogP contribution in [0.1, 0.15) is 11.3 Å². The Morgan fingerprint density at radius 2 is 1.70 bits per heavy atom. The standard InChI is InChI=1S/C17H16Cl2N4/c18-14-3-1-13(2-4-14)12-22-7-9-23(10-8-22)17-6-5-15(19)16(11-20)21-17/h1-6H,7-10,12H2. The summed E-state index contributed by atoms with van der Waals surface area (Å²) in [6.45, 7) is 4.59. The third-order valence-electron chi connectivity index (χ3n) is 3.95. The summed E-state index contributed by atoms with van der Waals surface area (Å²) in [6.07, 6.45) is 0. The zero-order valence-corrected chi connectivity index (χ0v) is 14.1. The maximum Gasteiger partial charge on any atom is 0.161 e. The summed E-state index contributed by atoms with van der Waals surface area (Å²) in [7, 11) is 0. The lowest BCUT2D eigenvalue weighted by Crippen LogP contribution is -2.46. The van der Waals surface area contributed by atoms with Gasteiger partial charge in [-0.05, 0) is 29.8 Å². The molecule has 1 saturated heterocycles. The van der Waals surface area contributed by atoms with E-state index >= 15 is 0 Å². The Morgan fingerprint density at radius 1 is 1.00 bits per heavy atom. The van der Waals surface area contributed by atoms with Gasteiger partial charge in [-0.15, -0.1) is 0 Å². The molecule has 6 heteroatoms. The van der Waals surface area contributed by atoms with E-state index in [4.69, 9.17) is 28.5 Å². The maximum absolute atomic E-state index is 9.03. The molecule has 1 aromatic carbocycles. The molecule has 1 fully saturated rings. The third-order valence-corrected chi connectivity index (χ3v) is 4.51. The Balaban J connectivity index is 1.60. The molecule has 1 aromatic heterocycles. The van der Waals surface area contributed by atoms with E-state index < -0.39 is 0 Å². The van der Waals surface area contributed by atoms with Gasteiger partial charge in [-0.2, -0.15) is 5.26 Å². The molecule has 0 bridgehead atoms. The van der Waals surface area contributed by atoms with Crippen molar-refractivity contribution < 1.29 is 0 Å². The van der Waals surface area contributed by atoms with Crippen LogP contribution in [-0.2, 0) is 6.54 Å². The van der Waals surface area contributed by atoms with Gasteiger partial charge in [0, 0.05) is 37.7 Å².